The Kier molecular flexibility index (Phi) is 3.47. The van der Waals surface area contributed by atoms with Crippen LogP contribution in [0.4, 0.5) is 0 Å². The van der Waals surface area contributed by atoms with Crippen molar-refractivity contribution in [2.24, 2.45) is 5.92 Å². The van der Waals surface area contributed by atoms with Crippen LogP contribution >= 0.6 is 11.3 Å². The van der Waals surface area contributed by atoms with Crippen LogP contribution in [-0.4, -0.2) is 53.7 Å². The van der Waals surface area contributed by atoms with Crippen LogP contribution in [0.3, 0.4) is 0 Å². The van der Waals surface area contributed by atoms with Gasteiger partial charge in [0.15, 0.2) is 0 Å². The number of nitrogens with one attached hydrogen (secondary N) is 1. The number of thiazole rings is 1. The molecule has 1 amide bonds. The molecule has 114 valence electrons. The molecule has 3 aliphatic rings. The van der Waals surface area contributed by atoms with Crippen molar-refractivity contribution in [3.05, 3.63) is 16.1 Å². The maximum atomic E-state index is 12.4. The third-order valence-corrected chi connectivity index (χ3v) is 5.83. The van der Waals surface area contributed by atoms with Crippen LogP contribution in [0.15, 0.2) is 5.38 Å². The third kappa shape index (κ3) is 2.29. The van der Waals surface area contributed by atoms with E-state index in [1.165, 1.54) is 24.2 Å². The normalized spacial score (nSPS) is 35.5. The molecule has 0 spiro atoms. The summed E-state index contributed by atoms with van der Waals surface area (Å²) in [5.41, 5.74) is 0.556. The lowest BCUT2D eigenvalue weighted by Gasteiger charge is -2.51. The second-order valence-electron chi connectivity index (χ2n) is 6.27. The number of likely N-dealkylation sites (tertiary alicyclic amines) is 1. The lowest BCUT2D eigenvalue weighted by molar-refractivity contribution is -0.0747. The first kappa shape index (κ1) is 13.7. The van der Waals surface area contributed by atoms with E-state index >= 15 is 0 Å². The van der Waals surface area contributed by atoms with Crippen LogP contribution in [0.2, 0.25) is 0 Å². The van der Waals surface area contributed by atoms with Crippen LogP contribution in [0, 0.1) is 12.8 Å². The Morgan fingerprint density at radius 1 is 1.48 bits per heavy atom. The highest BCUT2D eigenvalue weighted by atomic mass is 32.1. The summed E-state index contributed by atoms with van der Waals surface area (Å²) in [4.78, 5) is 19.2. The highest BCUT2D eigenvalue weighted by molar-refractivity contribution is 7.09. The Balaban J connectivity index is 1.48. The number of nitrogens with zero attached hydrogens (tertiary/aromatic N) is 2. The van der Waals surface area contributed by atoms with Crippen molar-refractivity contribution in [1.29, 1.82) is 0 Å². The molecule has 3 heterocycles. The molecule has 2 saturated heterocycles. The Morgan fingerprint density at radius 2 is 2.29 bits per heavy atom. The van der Waals surface area contributed by atoms with Gasteiger partial charge in [0.25, 0.3) is 5.91 Å². The molecule has 1 N–H and O–H groups in total. The maximum absolute atomic E-state index is 12.4. The molecule has 3 fully saturated rings. The fourth-order valence-electron chi connectivity index (χ4n) is 4.04. The highest BCUT2D eigenvalue weighted by Gasteiger charge is 2.56. The Labute approximate surface area is 128 Å². The minimum absolute atomic E-state index is 0.0288. The van der Waals surface area contributed by atoms with Gasteiger partial charge in [0.05, 0.1) is 23.2 Å². The molecular formula is C15H21N3O2S. The number of carbonyl (C=O) groups is 1. The molecule has 0 radical (unpaired) electrons. The van der Waals surface area contributed by atoms with Gasteiger partial charge in [0.1, 0.15) is 5.69 Å². The Bertz CT molecular complexity index is 536. The molecule has 2 aliphatic heterocycles. The van der Waals surface area contributed by atoms with Gasteiger partial charge in [0, 0.05) is 17.9 Å². The molecule has 5 nitrogen and oxygen atoms in total. The maximum Gasteiger partial charge on any atom is 0.271 e. The van der Waals surface area contributed by atoms with Gasteiger partial charge in [0.2, 0.25) is 0 Å². The van der Waals surface area contributed by atoms with E-state index in [9.17, 15) is 4.79 Å². The predicted octanol–water partition coefficient (Wildman–Crippen LogP) is 1.43. The number of amides is 1. The van der Waals surface area contributed by atoms with E-state index in [1.54, 1.807) is 0 Å². The zero-order valence-electron chi connectivity index (χ0n) is 12.2. The predicted molar refractivity (Wildman–Crippen MR) is 80.5 cm³/mol. The molecule has 0 bridgehead atoms. The van der Waals surface area contributed by atoms with Crippen LogP contribution in [0.5, 0.6) is 0 Å². The van der Waals surface area contributed by atoms with Gasteiger partial charge >= 0.3 is 0 Å². The summed E-state index contributed by atoms with van der Waals surface area (Å²) in [6, 6.07) is 0.591. The smallest absolute Gasteiger partial charge is 0.271 e. The lowest BCUT2D eigenvalue weighted by atomic mass is 9.70. The lowest BCUT2D eigenvalue weighted by Crippen LogP contribution is -2.70. The first-order chi connectivity index (χ1) is 10.2. The van der Waals surface area contributed by atoms with Crippen LogP contribution in [0.1, 0.15) is 34.8 Å². The second-order valence-corrected chi connectivity index (χ2v) is 7.33. The molecule has 21 heavy (non-hydrogen) atoms. The number of fused-ring (bicyclic) bond motifs is 1. The Morgan fingerprint density at radius 3 is 3.00 bits per heavy atom. The van der Waals surface area contributed by atoms with Gasteiger partial charge < -0.3 is 10.1 Å². The quantitative estimate of drug-likeness (QED) is 0.918. The van der Waals surface area contributed by atoms with E-state index in [-0.39, 0.29) is 11.9 Å². The summed E-state index contributed by atoms with van der Waals surface area (Å²) in [7, 11) is 0. The number of aryl methyl sites for hydroxylation is 1. The zero-order valence-corrected chi connectivity index (χ0v) is 13.1. The topological polar surface area (TPSA) is 54.5 Å². The highest BCUT2D eigenvalue weighted by Crippen LogP contribution is 2.42. The number of aromatic nitrogens is 1. The third-order valence-electron chi connectivity index (χ3n) is 5.06. The fourth-order valence-corrected chi connectivity index (χ4v) is 4.63. The van der Waals surface area contributed by atoms with Gasteiger partial charge in [-0.05, 0) is 39.3 Å². The summed E-state index contributed by atoms with van der Waals surface area (Å²) in [5, 5.41) is 6.01. The second kappa shape index (κ2) is 5.34. The molecule has 1 aliphatic carbocycles. The molecule has 6 heteroatoms. The van der Waals surface area contributed by atoms with E-state index in [4.69, 9.17) is 4.74 Å². The average Bonchev–Trinajstić information content (AvgIpc) is 3.17. The van der Waals surface area contributed by atoms with Crippen molar-refractivity contribution in [2.45, 2.75) is 44.4 Å². The molecule has 1 saturated carbocycles. The molecule has 1 aromatic rings. The number of rotatable bonds is 3. The largest absolute Gasteiger partial charge is 0.376 e. The number of ether oxygens (including phenoxy) is 1. The van der Waals surface area contributed by atoms with E-state index in [1.807, 2.05) is 12.3 Å². The van der Waals surface area contributed by atoms with Crippen LogP contribution < -0.4 is 5.32 Å². The summed E-state index contributed by atoms with van der Waals surface area (Å²) < 4.78 is 5.89. The zero-order chi connectivity index (χ0) is 14.4. The summed E-state index contributed by atoms with van der Waals surface area (Å²) >= 11 is 1.52. The first-order valence-electron chi connectivity index (χ1n) is 7.83. The minimum Gasteiger partial charge on any atom is -0.376 e. The summed E-state index contributed by atoms with van der Waals surface area (Å²) in [6.45, 7) is 5.04. The number of carbonyl (C=O) groups excluding carboxylic acids is 1. The van der Waals surface area contributed by atoms with Gasteiger partial charge in [-0.2, -0.15) is 0 Å². The standard InChI is InChI=1S/C15H21N3O2S/c1-9-16-11(8-21-9)15(19)17-12-10-4-7-20-14(10)13(12)18-5-2-3-6-18/h8,10,12-14H,2-7H2,1H3,(H,17,19)/t10-,12+,13-,14-/m1/s1. The number of hydrogen-bond donors (Lipinski definition) is 1. The molecule has 4 atom stereocenters. The molecule has 0 unspecified atom stereocenters. The average molecular weight is 307 g/mol. The van der Waals surface area contributed by atoms with Gasteiger partial charge in [-0.3, -0.25) is 9.69 Å². The summed E-state index contributed by atoms with van der Waals surface area (Å²) in [5.74, 6) is 0.457. The minimum atomic E-state index is -0.0288. The van der Waals surface area contributed by atoms with E-state index < -0.39 is 0 Å². The van der Waals surface area contributed by atoms with Crippen molar-refractivity contribution in [2.75, 3.05) is 19.7 Å². The fraction of sp³-hybridized carbons (Fsp3) is 0.733. The van der Waals surface area contributed by atoms with Crippen LogP contribution in [0.25, 0.3) is 0 Å². The van der Waals surface area contributed by atoms with E-state index in [0.717, 1.165) is 31.1 Å². The van der Waals surface area contributed by atoms with Crippen molar-refractivity contribution in [3.63, 3.8) is 0 Å². The van der Waals surface area contributed by atoms with Crippen LogP contribution in [-0.2, 0) is 4.74 Å². The molecule has 1 aromatic heterocycles. The van der Waals surface area contributed by atoms with E-state index in [0.29, 0.717) is 23.8 Å². The number of hydrogen-bond acceptors (Lipinski definition) is 5. The Hall–Kier alpha value is -0.980. The van der Waals surface area contributed by atoms with Gasteiger partial charge in [-0.25, -0.2) is 4.98 Å². The van der Waals surface area contributed by atoms with Crippen molar-refractivity contribution < 1.29 is 9.53 Å². The SMILES string of the molecule is Cc1nc(C(=O)N[C@H]2[C@H]3CCO[C@H]3[C@@H]2N2CCCC2)cs1. The summed E-state index contributed by atoms with van der Waals surface area (Å²) in [6.07, 6.45) is 3.92. The molecule has 4 rings (SSSR count). The van der Waals surface area contributed by atoms with Gasteiger partial charge in [-0.15, -0.1) is 11.3 Å². The molecular weight excluding hydrogens is 286 g/mol. The van der Waals surface area contributed by atoms with Crippen molar-refractivity contribution in [1.82, 2.24) is 15.2 Å². The first-order valence-corrected chi connectivity index (χ1v) is 8.70. The van der Waals surface area contributed by atoms with Gasteiger partial charge in [-0.1, -0.05) is 0 Å². The monoisotopic (exact) mass is 307 g/mol. The molecule has 0 aromatic carbocycles. The van der Waals surface area contributed by atoms with E-state index in [2.05, 4.69) is 15.2 Å². The van der Waals surface area contributed by atoms with Crippen molar-refractivity contribution >= 4 is 17.2 Å². The van der Waals surface area contributed by atoms with Crippen molar-refractivity contribution in [3.8, 4) is 0 Å².